The van der Waals surface area contributed by atoms with E-state index in [1.54, 1.807) is 12.1 Å². The average molecular weight is 383 g/mol. The van der Waals surface area contributed by atoms with Crippen LogP contribution in [0.25, 0.3) is 0 Å². The third-order valence-corrected chi connectivity index (χ3v) is 6.38. The molecule has 3 N–H and O–H groups in total. The van der Waals surface area contributed by atoms with E-state index in [1.807, 2.05) is 6.92 Å². The first kappa shape index (κ1) is 20.5. The topological polar surface area (TPSA) is 81.4 Å². The van der Waals surface area contributed by atoms with Crippen LogP contribution in [0.5, 0.6) is 5.75 Å². The maximum atomic E-state index is 12.8. The fraction of sp³-hybridized carbons (Fsp3) is 0.600. The molecule has 0 amide bonds. The van der Waals surface area contributed by atoms with E-state index in [9.17, 15) is 8.42 Å². The van der Waals surface area contributed by atoms with E-state index < -0.39 is 15.6 Å². The molecule has 1 aromatic carbocycles. The van der Waals surface area contributed by atoms with Crippen LogP contribution in [0.3, 0.4) is 0 Å². The molecule has 0 radical (unpaired) electrons. The van der Waals surface area contributed by atoms with E-state index in [-0.39, 0.29) is 35.5 Å². The summed E-state index contributed by atoms with van der Waals surface area (Å²) < 4.78 is 33.7. The molecule has 1 aliphatic rings. The van der Waals surface area contributed by atoms with Crippen molar-refractivity contribution in [2.75, 3.05) is 13.7 Å². The van der Waals surface area contributed by atoms with Gasteiger partial charge in [-0.2, -0.15) is 0 Å². The van der Waals surface area contributed by atoms with Gasteiger partial charge in [0.1, 0.15) is 10.6 Å². The fourth-order valence-corrected chi connectivity index (χ4v) is 5.06. The molecule has 23 heavy (non-hydrogen) atoms. The third kappa shape index (κ3) is 4.31. The van der Waals surface area contributed by atoms with Crippen molar-refractivity contribution in [3.63, 3.8) is 0 Å². The van der Waals surface area contributed by atoms with Crippen LogP contribution in [0.1, 0.15) is 32.6 Å². The Bertz CT molecular complexity index is 640. The number of hydrogen-bond donors (Lipinski definition) is 2. The van der Waals surface area contributed by atoms with Crippen molar-refractivity contribution >= 4 is 34.0 Å². The van der Waals surface area contributed by atoms with Gasteiger partial charge in [-0.1, -0.05) is 31.4 Å². The number of rotatable bonds is 5. The zero-order valence-electron chi connectivity index (χ0n) is 13.3. The minimum atomic E-state index is -3.77. The van der Waals surface area contributed by atoms with Gasteiger partial charge in [-0.25, -0.2) is 13.1 Å². The summed E-state index contributed by atoms with van der Waals surface area (Å²) in [4.78, 5) is 0.0492. The molecule has 2 atom stereocenters. The third-order valence-electron chi connectivity index (χ3n) is 4.57. The molecule has 1 fully saturated rings. The van der Waals surface area contributed by atoms with Crippen LogP contribution in [-0.4, -0.2) is 27.6 Å². The zero-order chi connectivity index (χ0) is 16.4. The van der Waals surface area contributed by atoms with Crippen molar-refractivity contribution in [1.82, 2.24) is 4.72 Å². The van der Waals surface area contributed by atoms with Gasteiger partial charge in [-0.05, 0) is 37.0 Å². The minimum Gasteiger partial charge on any atom is -0.495 e. The summed E-state index contributed by atoms with van der Waals surface area (Å²) in [6, 6.07) is 4.55. The number of hydrogen-bond acceptors (Lipinski definition) is 4. The Kier molecular flexibility index (Phi) is 7.16. The second-order valence-electron chi connectivity index (χ2n) is 5.91. The van der Waals surface area contributed by atoms with Gasteiger partial charge < -0.3 is 10.5 Å². The molecule has 8 heteroatoms. The number of benzene rings is 1. The first-order valence-electron chi connectivity index (χ1n) is 7.42. The number of halogens is 2. The average Bonchev–Trinajstić information content (AvgIpc) is 2.49. The Morgan fingerprint density at radius 2 is 2.13 bits per heavy atom. The minimum absolute atomic E-state index is 0. The Labute approximate surface area is 149 Å². The first-order chi connectivity index (χ1) is 10.3. The maximum Gasteiger partial charge on any atom is 0.244 e. The van der Waals surface area contributed by atoms with E-state index in [0.29, 0.717) is 5.02 Å². The predicted molar refractivity (Wildman–Crippen MR) is 95.0 cm³/mol. The Hall–Kier alpha value is -0.530. The molecule has 0 spiro atoms. The molecular weight excluding hydrogens is 359 g/mol. The molecule has 0 bridgehead atoms. The summed E-state index contributed by atoms with van der Waals surface area (Å²) in [6.45, 7) is 2.32. The molecule has 1 aromatic rings. The Balaban J connectivity index is 0.00000264. The van der Waals surface area contributed by atoms with Crippen LogP contribution in [-0.2, 0) is 10.0 Å². The van der Waals surface area contributed by atoms with Crippen molar-refractivity contribution in [2.24, 2.45) is 11.7 Å². The van der Waals surface area contributed by atoms with Gasteiger partial charge in [0.05, 0.1) is 7.11 Å². The smallest absolute Gasteiger partial charge is 0.244 e. The van der Waals surface area contributed by atoms with Crippen molar-refractivity contribution in [2.45, 2.75) is 43.0 Å². The fourth-order valence-electron chi connectivity index (χ4n) is 3.09. The molecule has 5 nitrogen and oxygen atoms in total. The maximum absolute atomic E-state index is 12.8. The highest BCUT2D eigenvalue weighted by Gasteiger charge is 2.41. The highest BCUT2D eigenvalue weighted by molar-refractivity contribution is 7.89. The standard InChI is InChI=1S/C15H23ClN2O3S.ClH/c1-11-5-3-4-8-15(11,10-17)18-22(19,20)14-9-12(16)6-7-13(14)21-2;/h6-7,9,11,18H,3-5,8,10,17H2,1-2H3;1H. The normalized spacial score (nSPS) is 24.8. The lowest BCUT2D eigenvalue weighted by molar-refractivity contribution is 0.191. The highest BCUT2D eigenvalue weighted by atomic mass is 35.5. The molecule has 0 aromatic heterocycles. The molecule has 1 aliphatic carbocycles. The SMILES string of the molecule is COc1ccc(Cl)cc1S(=O)(=O)NC1(CN)CCCCC1C.Cl. The second-order valence-corrected chi connectivity index (χ2v) is 8.00. The van der Waals surface area contributed by atoms with E-state index >= 15 is 0 Å². The van der Waals surface area contributed by atoms with Gasteiger partial charge in [0.15, 0.2) is 0 Å². The molecule has 0 saturated heterocycles. The van der Waals surface area contributed by atoms with E-state index in [0.717, 1.165) is 25.7 Å². The lowest BCUT2D eigenvalue weighted by Crippen LogP contribution is -2.58. The highest BCUT2D eigenvalue weighted by Crippen LogP contribution is 2.35. The van der Waals surface area contributed by atoms with E-state index in [1.165, 1.54) is 13.2 Å². The summed E-state index contributed by atoms with van der Waals surface area (Å²) in [6.07, 6.45) is 3.78. The summed E-state index contributed by atoms with van der Waals surface area (Å²) in [5, 5.41) is 0.347. The molecular formula is C15H24Cl2N2O3S. The van der Waals surface area contributed by atoms with Crippen molar-refractivity contribution in [3.8, 4) is 5.75 Å². The van der Waals surface area contributed by atoms with Crippen molar-refractivity contribution < 1.29 is 13.2 Å². The lowest BCUT2D eigenvalue weighted by Gasteiger charge is -2.42. The van der Waals surface area contributed by atoms with Gasteiger partial charge >= 0.3 is 0 Å². The summed E-state index contributed by atoms with van der Waals surface area (Å²) in [7, 11) is -2.33. The summed E-state index contributed by atoms with van der Waals surface area (Å²) in [5.41, 5.74) is 5.32. The van der Waals surface area contributed by atoms with Crippen LogP contribution < -0.4 is 15.2 Å². The second kappa shape index (κ2) is 8.03. The number of nitrogens with two attached hydrogens (primary N) is 1. The zero-order valence-corrected chi connectivity index (χ0v) is 15.7. The molecule has 132 valence electrons. The van der Waals surface area contributed by atoms with Crippen molar-refractivity contribution in [3.05, 3.63) is 23.2 Å². The Morgan fingerprint density at radius 3 is 2.70 bits per heavy atom. The van der Waals surface area contributed by atoms with Crippen LogP contribution in [0.15, 0.2) is 23.1 Å². The van der Waals surface area contributed by atoms with Gasteiger partial charge in [-0.15, -0.1) is 12.4 Å². The quantitative estimate of drug-likeness (QED) is 0.819. The van der Waals surface area contributed by atoms with Gasteiger partial charge in [0.25, 0.3) is 0 Å². The summed E-state index contributed by atoms with van der Waals surface area (Å²) >= 11 is 5.95. The first-order valence-corrected chi connectivity index (χ1v) is 9.28. The summed E-state index contributed by atoms with van der Waals surface area (Å²) in [5.74, 6) is 0.457. The number of ether oxygens (including phenoxy) is 1. The molecule has 0 aliphatic heterocycles. The lowest BCUT2D eigenvalue weighted by atomic mass is 9.74. The van der Waals surface area contributed by atoms with Gasteiger partial charge in [-0.3, -0.25) is 0 Å². The van der Waals surface area contributed by atoms with Crippen molar-refractivity contribution in [1.29, 1.82) is 0 Å². The predicted octanol–water partition coefficient (Wildman–Crippen LogP) is 2.96. The molecule has 0 heterocycles. The number of methoxy groups -OCH3 is 1. The molecule has 1 saturated carbocycles. The Morgan fingerprint density at radius 1 is 1.43 bits per heavy atom. The number of sulfonamides is 1. The van der Waals surface area contributed by atoms with Crippen LogP contribution in [0, 0.1) is 5.92 Å². The van der Waals surface area contributed by atoms with E-state index in [2.05, 4.69) is 4.72 Å². The molecule has 2 rings (SSSR count). The van der Waals surface area contributed by atoms with Crippen LogP contribution >= 0.6 is 24.0 Å². The van der Waals surface area contributed by atoms with Crippen LogP contribution in [0.4, 0.5) is 0 Å². The van der Waals surface area contributed by atoms with Gasteiger partial charge in [0.2, 0.25) is 10.0 Å². The van der Waals surface area contributed by atoms with E-state index in [4.69, 9.17) is 22.1 Å². The van der Waals surface area contributed by atoms with Crippen LogP contribution in [0.2, 0.25) is 5.02 Å². The number of nitrogens with one attached hydrogen (secondary N) is 1. The van der Waals surface area contributed by atoms with Gasteiger partial charge in [0, 0.05) is 17.1 Å². The molecule has 2 unspecified atom stereocenters. The monoisotopic (exact) mass is 382 g/mol. The largest absolute Gasteiger partial charge is 0.495 e.